The molecule has 0 saturated carbocycles. The zero-order valence-electron chi connectivity index (χ0n) is 14.7. The van der Waals surface area contributed by atoms with E-state index in [0.717, 1.165) is 18.4 Å². The van der Waals surface area contributed by atoms with Crippen LogP contribution in [0.3, 0.4) is 0 Å². The van der Waals surface area contributed by atoms with Crippen LogP contribution < -0.4 is 5.73 Å². The van der Waals surface area contributed by atoms with Gasteiger partial charge in [0.05, 0.1) is 0 Å². The van der Waals surface area contributed by atoms with Crippen LogP contribution in [0.25, 0.3) is 0 Å². The number of benzene rings is 2. The number of carbonyl (C=O) groups excluding carboxylic acids is 2. The Hall–Kier alpha value is -2.69. The van der Waals surface area contributed by atoms with E-state index in [4.69, 9.17) is 5.73 Å². The van der Waals surface area contributed by atoms with Crippen molar-refractivity contribution in [3.8, 4) is 0 Å². The molecule has 136 valence electrons. The number of halogens is 1. The highest BCUT2D eigenvalue weighted by Gasteiger charge is 2.28. The summed E-state index contributed by atoms with van der Waals surface area (Å²) < 4.78 is 13.0. The maximum absolute atomic E-state index is 13.0. The number of nitrogens with two attached hydrogens (primary N) is 1. The average molecular weight is 354 g/mol. The number of aryl methyl sites for hydroxylation is 1. The van der Waals surface area contributed by atoms with E-state index >= 15 is 0 Å². The summed E-state index contributed by atoms with van der Waals surface area (Å²) in [4.78, 5) is 27.0. The van der Waals surface area contributed by atoms with E-state index < -0.39 is 0 Å². The van der Waals surface area contributed by atoms with Crippen LogP contribution in [0.1, 0.15) is 35.2 Å². The molecular formula is C21H23FN2O2. The molecule has 0 aromatic heterocycles. The zero-order chi connectivity index (χ0) is 18.5. The van der Waals surface area contributed by atoms with Crippen LogP contribution in [0.5, 0.6) is 0 Å². The van der Waals surface area contributed by atoms with Gasteiger partial charge in [-0.25, -0.2) is 4.39 Å². The number of hydrogen-bond donors (Lipinski definition) is 1. The molecule has 2 aromatic carbocycles. The highest BCUT2D eigenvalue weighted by molar-refractivity contribution is 5.98. The van der Waals surface area contributed by atoms with Crippen LogP contribution >= 0.6 is 0 Å². The third kappa shape index (κ3) is 4.28. The lowest BCUT2D eigenvalue weighted by Gasteiger charge is -2.32. The molecule has 2 aromatic rings. The maximum Gasteiger partial charge on any atom is 0.222 e. The Bertz CT molecular complexity index is 789. The summed E-state index contributed by atoms with van der Waals surface area (Å²) in [6.07, 6.45) is 2.53. The zero-order valence-corrected chi connectivity index (χ0v) is 14.7. The third-order valence-electron chi connectivity index (χ3n) is 4.94. The maximum atomic E-state index is 13.0. The molecule has 1 amide bonds. The van der Waals surface area contributed by atoms with Gasteiger partial charge in [0.15, 0.2) is 5.78 Å². The van der Waals surface area contributed by atoms with Crippen molar-refractivity contribution in [2.45, 2.75) is 25.7 Å². The molecule has 1 atom stereocenters. The van der Waals surface area contributed by atoms with Crippen LogP contribution in [0.15, 0.2) is 48.5 Å². The molecule has 1 unspecified atom stereocenters. The van der Waals surface area contributed by atoms with Crippen LogP contribution in [0.4, 0.5) is 10.1 Å². The van der Waals surface area contributed by atoms with Crippen LogP contribution in [0.2, 0.25) is 0 Å². The van der Waals surface area contributed by atoms with Crippen molar-refractivity contribution >= 4 is 17.4 Å². The smallest absolute Gasteiger partial charge is 0.222 e. The minimum absolute atomic E-state index is 0.0187. The molecule has 0 bridgehead atoms. The first-order chi connectivity index (χ1) is 12.5. The third-order valence-corrected chi connectivity index (χ3v) is 4.94. The molecule has 4 nitrogen and oxygen atoms in total. The van der Waals surface area contributed by atoms with E-state index in [2.05, 4.69) is 0 Å². The van der Waals surface area contributed by atoms with Gasteiger partial charge >= 0.3 is 0 Å². The molecule has 0 aliphatic carbocycles. The lowest BCUT2D eigenvalue weighted by Crippen LogP contribution is -2.42. The summed E-state index contributed by atoms with van der Waals surface area (Å²) in [5.74, 6) is -0.554. The van der Waals surface area contributed by atoms with Gasteiger partial charge in [-0.2, -0.15) is 0 Å². The fraction of sp³-hybridized carbons (Fsp3) is 0.333. The highest BCUT2D eigenvalue weighted by atomic mass is 19.1. The summed E-state index contributed by atoms with van der Waals surface area (Å²) in [6, 6.07) is 13.2. The van der Waals surface area contributed by atoms with Gasteiger partial charge < -0.3 is 10.6 Å². The number of amides is 1. The first kappa shape index (κ1) is 18.1. The molecule has 1 heterocycles. The van der Waals surface area contributed by atoms with Crippen LogP contribution in [-0.4, -0.2) is 29.7 Å². The lowest BCUT2D eigenvalue weighted by atomic mass is 9.89. The Balaban J connectivity index is 1.59. The summed E-state index contributed by atoms with van der Waals surface area (Å²) >= 11 is 0. The van der Waals surface area contributed by atoms with Gasteiger partial charge in [0, 0.05) is 36.7 Å². The highest BCUT2D eigenvalue weighted by Crippen LogP contribution is 2.22. The number of carbonyl (C=O) groups is 2. The van der Waals surface area contributed by atoms with Gasteiger partial charge in [0.25, 0.3) is 0 Å². The molecule has 2 N–H and O–H groups in total. The Kier molecular flexibility index (Phi) is 5.66. The molecule has 1 aliphatic rings. The number of para-hydroxylation sites is 1. The Morgan fingerprint density at radius 3 is 2.58 bits per heavy atom. The average Bonchev–Trinajstić information content (AvgIpc) is 2.67. The number of anilines is 1. The van der Waals surface area contributed by atoms with Crippen molar-refractivity contribution in [2.24, 2.45) is 5.92 Å². The molecule has 1 aliphatic heterocycles. The summed E-state index contributed by atoms with van der Waals surface area (Å²) in [5.41, 5.74) is 8.10. The predicted molar refractivity (Wildman–Crippen MR) is 99.2 cm³/mol. The number of likely N-dealkylation sites (tertiary alicyclic amines) is 1. The van der Waals surface area contributed by atoms with Crippen molar-refractivity contribution in [3.05, 3.63) is 65.5 Å². The van der Waals surface area contributed by atoms with Crippen LogP contribution in [0, 0.1) is 11.7 Å². The number of Topliss-reactive ketones (excluding diaryl/α,β-unsaturated/α-hetero) is 1. The normalized spacial score (nSPS) is 17.1. The van der Waals surface area contributed by atoms with Gasteiger partial charge in [0.1, 0.15) is 5.82 Å². The second-order valence-corrected chi connectivity index (χ2v) is 6.75. The molecule has 0 spiro atoms. The van der Waals surface area contributed by atoms with Gasteiger partial charge in [-0.05, 0) is 55.2 Å². The number of hydrogen-bond acceptors (Lipinski definition) is 3. The second kappa shape index (κ2) is 8.13. The van der Waals surface area contributed by atoms with E-state index in [1.54, 1.807) is 4.90 Å². The monoisotopic (exact) mass is 354 g/mol. The summed E-state index contributed by atoms with van der Waals surface area (Å²) in [5, 5.41) is 0. The minimum Gasteiger partial charge on any atom is -0.399 e. The number of nitrogens with zero attached hydrogens (tertiary/aromatic N) is 1. The molecule has 1 fully saturated rings. The Morgan fingerprint density at radius 1 is 1.12 bits per heavy atom. The lowest BCUT2D eigenvalue weighted by molar-refractivity contribution is -0.132. The minimum atomic E-state index is -0.359. The second-order valence-electron chi connectivity index (χ2n) is 6.75. The SMILES string of the molecule is Nc1ccccc1CCC(=O)N1CCCC(C(=O)c2ccc(F)cc2)C1. The van der Waals surface area contributed by atoms with Gasteiger partial charge in [0.2, 0.25) is 5.91 Å². The first-order valence-electron chi connectivity index (χ1n) is 8.95. The van der Waals surface area contributed by atoms with E-state index in [9.17, 15) is 14.0 Å². The molecule has 5 heteroatoms. The molecular weight excluding hydrogens is 331 g/mol. The largest absolute Gasteiger partial charge is 0.399 e. The van der Waals surface area contributed by atoms with Gasteiger partial charge in [-0.3, -0.25) is 9.59 Å². The molecule has 26 heavy (non-hydrogen) atoms. The van der Waals surface area contributed by atoms with E-state index in [1.165, 1.54) is 24.3 Å². The molecule has 0 radical (unpaired) electrons. The van der Waals surface area contributed by atoms with E-state index in [-0.39, 0.29) is 23.4 Å². The van der Waals surface area contributed by atoms with Gasteiger partial charge in [-0.15, -0.1) is 0 Å². The fourth-order valence-electron chi connectivity index (χ4n) is 3.43. The van der Waals surface area contributed by atoms with Crippen molar-refractivity contribution < 1.29 is 14.0 Å². The summed E-state index contributed by atoms with van der Waals surface area (Å²) in [7, 11) is 0. The summed E-state index contributed by atoms with van der Waals surface area (Å²) in [6.45, 7) is 1.11. The van der Waals surface area contributed by atoms with Crippen molar-refractivity contribution in [1.82, 2.24) is 4.90 Å². The Morgan fingerprint density at radius 2 is 1.85 bits per heavy atom. The van der Waals surface area contributed by atoms with Crippen molar-refractivity contribution in [1.29, 1.82) is 0 Å². The number of nitrogen functional groups attached to an aromatic ring is 1. The van der Waals surface area contributed by atoms with Crippen molar-refractivity contribution in [3.63, 3.8) is 0 Å². The molecule has 3 rings (SSSR count). The first-order valence-corrected chi connectivity index (χ1v) is 8.95. The van der Waals surface area contributed by atoms with Crippen molar-refractivity contribution in [2.75, 3.05) is 18.8 Å². The fourth-order valence-corrected chi connectivity index (χ4v) is 3.43. The Labute approximate surface area is 152 Å². The van der Waals surface area contributed by atoms with E-state index in [0.29, 0.717) is 37.2 Å². The predicted octanol–water partition coefficient (Wildman–Crippen LogP) is 3.46. The quantitative estimate of drug-likeness (QED) is 0.661. The van der Waals surface area contributed by atoms with Crippen LogP contribution in [-0.2, 0) is 11.2 Å². The standard InChI is InChI=1S/C21H23FN2O2/c22-18-10-7-16(8-11-18)21(26)17-5-3-13-24(14-17)20(25)12-9-15-4-1-2-6-19(15)23/h1-2,4,6-8,10-11,17H,3,5,9,12-14,23H2. The number of piperidine rings is 1. The van der Waals surface area contributed by atoms with Gasteiger partial charge in [-0.1, -0.05) is 18.2 Å². The number of ketones is 1. The number of rotatable bonds is 5. The molecule has 1 saturated heterocycles. The topological polar surface area (TPSA) is 63.4 Å². The van der Waals surface area contributed by atoms with E-state index in [1.807, 2.05) is 24.3 Å².